The summed E-state index contributed by atoms with van der Waals surface area (Å²) in [4.78, 5) is 0. The normalized spacial score (nSPS) is 11.0. The molecule has 0 saturated carbocycles. The average Bonchev–Trinajstić information content (AvgIpc) is 3.06. The number of methoxy groups -OCH3 is 3. The Hall–Kier alpha value is -3.13. The van der Waals surface area contributed by atoms with E-state index in [1.165, 1.54) is 0 Å². The molecule has 0 fully saturated rings. The van der Waals surface area contributed by atoms with Gasteiger partial charge in [0.1, 0.15) is 0 Å². The third-order valence-corrected chi connectivity index (χ3v) is 4.31. The summed E-state index contributed by atoms with van der Waals surface area (Å²) in [5.41, 5.74) is 2.80. The van der Waals surface area contributed by atoms with E-state index in [1.807, 2.05) is 43.3 Å². The van der Waals surface area contributed by atoms with Gasteiger partial charge < -0.3 is 14.2 Å². The van der Waals surface area contributed by atoms with Crippen LogP contribution in [0.5, 0.6) is 17.2 Å². The first-order valence-electron chi connectivity index (χ1n) is 8.16. The van der Waals surface area contributed by atoms with Crippen molar-refractivity contribution in [3.63, 3.8) is 0 Å². The van der Waals surface area contributed by atoms with E-state index in [4.69, 9.17) is 26.4 Å². The van der Waals surface area contributed by atoms with E-state index in [9.17, 15) is 0 Å². The summed E-state index contributed by atoms with van der Waals surface area (Å²) in [6.07, 6.45) is 1.66. The van der Waals surface area contributed by atoms with Crippen LogP contribution >= 0.6 is 12.2 Å². The second-order valence-electron chi connectivity index (χ2n) is 5.68. The summed E-state index contributed by atoms with van der Waals surface area (Å²) >= 11 is 5.33. The number of nitrogens with zero attached hydrogens (tertiary/aromatic N) is 3. The van der Waals surface area contributed by atoms with Gasteiger partial charge in [0.15, 0.2) is 17.3 Å². The number of nitrogens with one attached hydrogen (secondary N) is 1. The highest BCUT2D eigenvalue weighted by Gasteiger charge is 2.13. The van der Waals surface area contributed by atoms with E-state index in [0.717, 1.165) is 16.7 Å². The van der Waals surface area contributed by atoms with E-state index in [1.54, 1.807) is 32.2 Å². The molecule has 0 aliphatic heterocycles. The summed E-state index contributed by atoms with van der Waals surface area (Å²) in [7, 11) is 4.70. The predicted octanol–water partition coefficient (Wildman–Crippen LogP) is 3.82. The van der Waals surface area contributed by atoms with Gasteiger partial charge in [0.25, 0.3) is 0 Å². The quantitative estimate of drug-likeness (QED) is 0.517. The predicted molar refractivity (Wildman–Crippen MR) is 107 cm³/mol. The number of rotatable bonds is 6. The number of ether oxygens (including phenoxy) is 3. The molecule has 0 atom stereocenters. The van der Waals surface area contributed by atoms with Gasteiger partial charge >= 0.3 is 0 Å². The number of aryl methyl sites for hydroxylation is 1. The molecule has 140 valence electrons. The second kappa shape index (κ2) is 8.05. The molecule has 0 unspecified atom stereocenters. The van der Waals surface area contributed by atoms with Gasteiger partial charge in [-0.1, -0.05) is 24.3 Å². The van der Waals surface area contributed by atoms with Gasteiger partial charge in [0, 0.05) is 11.1 Å². The van der Waals surface area contributed by atoms with Crippen LogP contribution in [-0.2, 0) is 0 Å². The Morgan fingerprint density at radius 3 is 2.33 bits per heavy atom. The highest BCUT2D eigenvalue weighted by atomic mass is 32.1. The molecule has 27 heavy (non-hydrogen) atoms. The van der Waals surface area contributed by atoms with Crippen molar-refractivity contribution in [1.29, 1.82) is 0 Å². The van der Waals surface area contributed by atoms with Crippen LogP contribution in [0, 0.1) is 11.7 Å². The van der Waals surface area contributed by atoms with Crippen molar-refractivity contribution in [3.8, 4) is 28.6 Å². The fourth-order valence-electron chi connectivity index (χ4n) is 2.70. The van der Waals surface area contributed by atoms with Crippen LogP contribution in [0.3, 0.4) is 0 Å². The zero-order valence-corrected chi connectivity index (χ0v) is 16.3. The van der Waals surface area contributed by atoms with E-state index in [0.29, 0.717) is 27.8 Å². The van der Waals surface area contributed by atoms with Crippen molar-refractivity contribution in [2.24, 2.45) is 5.10 Å². The van der Waals surface area contributed by atoms with Gasteiger partial charge in [-0.05, 0) is 36.8 Å². The molecule has 0 saturated heterocycles. The van der Waals surface area contributed by atoms with Gasteiger partial charge in [-0.3, -0.25) is 0 Å². The van der Waals surface area contributed by atoms with Crippen LogP contribution < -0.4 is 14.2 Å². The second-order valence-corrected chi connectivity index (χ2v) is 6.07. The number of aromatic nitrogens is 3. The third-order valence-electron chi connectivity index (χ3n) is 4.05. The number of benzene rings is 2. The molecule has 0 spiro atoms. The summed E-state index contributed by atoms with van der Waals surface area (Å²) in [6.45, 7) is 2.01. The lowest BCUT2D eigenvalue weighted by atomic mass is 10.1. The molecule has 1 N–H and O–H groups in total. The number of aromatic amines is 1. The standard InChI is InChI=1S/C19H20N4O3S/c1-12-7-5-6-8-14(12)18-21-22-19(27)23(18)20-11-13-9-15(24-2)17(26-4)16(10-13)25-3/h5-11H,1-4H3,(H,22,27)/b20-11-. The van der Waals surface area contributed by atoms with Crippen molar-refractivity contribution in [1.82, 2.24) is 14.9 Å². The van der Waals surface area contributed by atoms with E-state index >= 15 is 0 Å². The Kier molecular flexibility index (Phi) is 5.56. The highest BCUT2D eigenvalue weighted by Crippen LogP contribution is 2.37. The van der Waals surface area contributed by atoms with Crippen molar-refractivity contribution in [2.75, 3.05) is 21.3 Å². The molecule has 0 aliphatic rings. The third kappa shape index (κ3) is 3.70. The molecule has 3 rings (SSSR count). The molecular weight excluding hydrogens is 364 g/mol. The topological polar surface area (TPSA) is 73.7 Å². The Bertz CT molecular complexity index is 1010. The van der Waals surface area contributed by atoms with E-state index in [2.05, 4.69) is 15.3 Å². The zero-order chi connectivity index (χ0) is 19.4. The number of hydrogen-bond donors (Lipinski definition) is 1. The van der Waals surface area contributed by atoms with Crippen molar-refractivity contribution in [3.05, 3.63) is 52.3 Å². The largest absolute Gasteiger partial charge is 0.493 e. The maximum atomic E-state index is 5.38. The molecule has 0 aliphatic carbocycles. The minimum atomic E-state index is 0.400. The Labute approximate surface area is 162 Å². The molecule has 0 radical (unpaired) electrons. The molecule has 1 aromatic heterocycles. The Morgan fingerprint density at radius 1 is 1.07 bits per heavy atom. The van der Waals surface area contributed by atoms with Crippen LogP contribution in [0.15, 0.2) is 41.5 Å². The van der Waals surface area contributed by atoms with Crippen molar-refractivity contribution >= 4 is 18.4 Å². The van der Waals surface area contributed by atoms with Crippen LogP contribution in [0.1, 0.15) is 11.1 Å². The van der Waals surface area contributed by atoms with E-state index in [-0.39, 0.29) is 0 Å². The monoisotopic (exact) mass is 384 g/mol. The highest BCUT2D eigenvalue weighted by molar-refractivity contribution is 7.71. The maximum Gasteiger partial charge on any atom is 0.216 e. The average molecular weight is 384 g/mol. The SMILES string of the molecule is COc1cc(/C=N\n2c(-c3ccccc3C)n[nH]c2=S)cc(OC)c1OC. The molecular formula is C19H20N4O3S. The summed E-state index contributed by atoms with van der Waals surface area (Å²) in [5.74, 6) is 2.26. The number of hydrogen-bond acceptors (Lipinski definition) is 6. The molecule has 0 amide bonds. The van der Waals surface area contributed by atoms with E-state index < -0.39 is 0 Å². The number of H-pyrrole nitrogens is 1. The fraction of sp³-hybridized carbons (Fsp3) is 0.211. The zero-order valence-electron chi connectivity index (χ0n) is 15.5. The smallest absolute Gasteiger partial charge is 0.216 e. The maximum absolute atomic E-state index is 5.38. The lowest BCUT2D eigenvalue weighted by Crippen LogP contribution is -1.99. The minimum absolute atomic E-state index is 0.400. The first kappa shape index (κ1) is 18.7. The van der Waals surface area contributed by atoms with Gasteiger partial charge in [-0.2, -0.15) is 14.9 Å². The fourth-order valence-corrected chi connectivity index (χ4v) is 2.88. The van der Waals surface area contributed by atoms with Crippen LogP contribution in [0.2, 0.25) is 0 Å². The summed E-state index contributed by atoms with van der Waals surface area (Å²) in [6, 6.07) is 11.5. The van der Waals surface area contributed by atoms with Gasteiger partial charge in [-0.15, -0.1) is 0 Å². The molecule has 8 heteroatoms. The molecule has 0 bridgehead atoms. The van der Waals surface area contributed by atoms with Crippen LogP contribution in [0.25, 0.3) is 11.4 Å². The van der Waals surface area contributed by atoms with Crippen LogP contribution in [0.4, 0.5) is 0 Å². The summed E-state index contributed by atoms with van der Waals surface area (Å²) in [5, 5.41) is 11.6. The molecule has 7 nitrogen and oxygen atoms in total. The lowest BCUT2D eigenvalue weighted by molar-refractivity contribution is 0.324. The molecule has 3 aromatic rings. The van der Waals surface area contributed by atoms with Crippen molar-refractivity contribution < 1.29 is 14.2 Å². The van der Waals surface area contributed by atoms with Gasteiger partial charge in [0.2, 0.25) is 10.5 Å². The Balaban J connectivity index is 2.04. The van der Waals surface area contributed by atoms with Gasteiger partial charge in [0.05, 0.1) is 27.5 Å². The first-order valence-corrected chi connectivity index (χ1v) is 8.57. The minimum Gasteiger partial charge on any atom is -0.493 e. The molecule has 2 aromatic carbocycles. The van der Waals surface area contributed by atoms with Crippen molar-refractivity contribution in [2.45, 2.75) is 6.92 Å². The summed E-state index contributed by atoms with van der Waals surface area (Å²) < 4.78 is 18.1. The Morgan fingerprint density at radius 2 is 1.74 bits per heavy atom. The first-order chi connectivity index (χ1) is 13.1. The van der Waals surface area contributed by atoms with Crippen LogP contribution in [-0.4, -0.2) is 42.4 Å². The molecule has 1 heterocycles. The lowest BCUT2D eigenvalue weighted by Gasteiger charge is -2.12. The van der Waals surface area contributed by atoms with Gasteiger partial charge in [-0.25, -0.2) is 5.10 Å².